The summed E-state index contributed by atoms with van der Waals surface area (Å²) in [7, 11) is 5.93. The molecule has 0 radical (unpaired) electrons. The number of carboxylic acid groups (broad SMARTS) is 1. The topological polar surface area (TPSA) is 111 Å². The minimum Gasteiger partial charge on any atom is -0.545 e. The maximum absolute atomic E-state index is 12.9. The average Bonchev–Trinajstić information content (AvgIpc) is 3.35. The van der Waals surface area contributed by atoms with Gasteiger partial charge in [0.1, 0.15) is 13.2 Å². The second kappa shape index (κ2) is 54.8. The SMILES string of the molecule is CCCCCCC/C=C\C/C=C\CCCCCCCCCCCCCCCCCCCCCC(=O)OC(COC(=O)CCCCCCC/C=C\CCCCCCCCC)COC(OCC[N+](C)(C)C)C(=O)[O-]. The molecule has 0 aromatic rings. The number of carboxylic acids is 1. The zero-order valence-electron chi connectivity index (χ0n) is 48.1. The Kier molecular flexibility index (Phi) is 52.9. The summed E-state index contributed by atoms with van der Waals surface area (Å²) in [6.45, 7) is 4.76. The Morgan fingerprint density at radius 2 is 0.750 bits per heavy atom. The minimum atomic E-state index is -1.62. The molecule has 0 aromatic carbocycles. The Balaban J connectivity index is 4.11. The van der Waals surface area contributed by atoms with E-state index in [1.54, 1.807) is 0 Å². The molecule has 0 spiro atoms. The Morgan fingerprint density at radius 3 is 1.11 bits per heavy atom. The summed E-state index contributed by atoms with van der Waals surface area (Å²) in [5.41, 5.74) is 0. The quantitative estimate of drug-likeness (QED) is 0.0195. The fraction of sp³-hybridized carbons (Fsp3) is 0.857. The lowest BCUT2D eigenvalue weighted by molar-refractivity contribution is -0.870. The van der Waals surface area contributed by atoms with Crippen molar-refractivity contribution in [2.45, 2.75) is 302 Å². The van der Waals surface area contributed by atoms with E-state index in [2.05, 4.69) is 50.3 Å². The van der Waals surface area contributed by atoms with Crippen LogP contribution in [0.5, 0.6) is 0 Å². The van der Waals surface area contributed by atoms with Gasteiger partial charge in [-0.05, 0) is 70.6 Å². The van der Waals surface area contributed by atoms with Gasteiger partial charge in [0.2, 0.25) is 0 Å². The monoisotopic (exact) mass is 1020 g/mol. The number of carbonyl (C=O) groups excluding carboxylic acids is 3. The molecule has 0 amide bonds. The van der Waals surface area contributed by atoms with Crippen LogP contribution in [0, 0.1) is 0 Å². The largest absolute Gasteiger partial charge is 0.545 e. The van der Waals surface area contributed by atoms with Gasteiger partial charge < -0.3 is 33.3 Å². The van der Waals surface area contributed by atoms with Crippen molar-refractivity contribution in [2.75, 3.05) is 47.5 Å². The number of aliphatic carboxylic acids is 1. The van der Waals surface area contributed by atoms with E-state index in [1.807, 2.05) is 21.1 Å². The van der Waals surface area contributed by atoms with Crippen molar-refractivity contribution in [3.63, 3.8) is 0 Å². The number of quaternary nitrogens is 1. The summed E-state index contributed by atoms with van der Waals surface area (Å²) in [6.07, 6.45) is 63.5. The van der Waals surface area contributed by atoms with E-state index in [1.165, 1.54) is 199 Å². The van der Waals surface area contributed by atoms with Crippen LogP contribution in [-0.4, -0.2) is 82.3 Å². The van der Waals surface area contributed by atoms with Crippen LogP contribution in [0.3, 0.4) is 0 Å². The van der Waals surface area contributed by atoms with E-state index in [9.17, 15) is 19.5 Å². The maximum atomic E-state index is 12.9. The Morgan fingerprint density at radius 1 is 0.417 bits per heavy atom. The number of nitrogens with zero attached hydrogens (tertiary/aromatic N) is 1. The molecule has 0 aromatic heterocycles. The molecule has 0 saturated heterocycles. The number of ether oxygens (including phenoxy) is 4. The summed E-state index contributed by atoms with van der Waals surface area (Å²) in [5, 5.41) is 11.8. The smallest absolute Gasteiger partial charge is 0.306 e. The molecule has 9 nitrogen and oxygen atoms in total. The predicted molar refractivity (Wildman–Crippen MR) is 302 cm³/mol. The molecule has 9 heteroatoms. The van der Waals surface area contributed by atoms with Crippen molar-refractivity contribution in [2.24, 2.45) is 0 Å². The summed E-state index contributed by atoms with van der Waals surface area (Å²) >= 11 is 0. The van der Waals surface area contributed by atoms with Gasteiger partial charge in [-0.25, -0.2) is 0 Å². The van der Waals surface area contributed by atoms with E-state index in [4.69, 9.17) is 18.9 Å². The molecule has 72 heavy (non-hydrogen) atoms. The van der Waals surface area contributed by atoms with Crippen molar-refractivity contribution in [3.05, 3.63) is 36.5 Å². The van der Waals surface area contributed by atoms with Gasteiger partial charge in [-0.3, -0.25) is 9.59 Å². The van der Waals surface area contributed by atoms with Gasteiger partial charge in [0.25, 0.3) is 0 Å². The van der Waals surface area contributed by atoms with E-state index in [0.29, 0.717) is 17.4 Å². The highest BCUT2D eigenvalue weighted by Crippen LogP contribution is 2.17. The standard InChI is InChI=1S/C63H117NO8/c1-6-8-10-12-14-16-18-20-22-24-25-26-27-28-29-30-31-32-33-34-35-36-37-38-40-42-44-46-48-50-52-54-61(66)72-59(58-71-63(62(67)68)69-56-55-64(3,4)5)57-70-60(65)53-51-49-47-45-43-41-39-23-21-19-17-15-13-11-9-7-2/h18,20,23-25,39,59,63H,6-17,19,21-22,26-38,40-58H2,1-5H3/b20-18-,25-24-,39-23-. The average molecular weight is 1020 g/mol. The summed E-state index contributed by atoms with van der Waals surface area (Å²) < 4.78 is 22.7. The number of hydrogen-bond donors (Lipinski definition) is 0. The third-order valence-corrected chi connectivity index (χ3v) is 13.6. The van der Waals surface area contributed by atoms with Crippen LogP contribution in [0.4, 0.5) is 0 Å². The summed E-state index contributed by atoms with van der Waals surface area (Å²) in [6, 6.07) is 0. The zero-order chi connectivity index (χ0) is 52.7. The molecule has 0 fully saturated rings. The van der Waals surface area contributed by atoms with Crippen LogP contribution in [0.1, 0.15) is 290 Å². The van der Waals surface area contributed by atoms with Gasteiger partial charge in [0, 0.05) is 12.8 Å². The Bertz CT molecular complexity index is 1270. The molecule has 0 aliphatic heterocycles. The van der Waals surface area contributed by atoms with Crippen LogP contribution < -0.4 is 5.11 Å². The molecule has 2 atom stereocenters. The van der Waals surface area contributed by atoms with Crippen molar-refractivity contribution < 1.29 is 42.9 Å². The molecule has 0 bridgehead atoms. The number of esters is 2. The van der Waals surface area contributed by atoms with Crippen LogP contribution in [0.15, 0.2) is 36.5 Å². The normalized spacial score (nSPS) is 13.0. The van der Waals surface area contributed by atoms with E-state index < -0.39 is 24.3 Å². The first-order valence-electron chi connectivity index (χ1n) is 30.6. The van der Waals surface area contributed by atoms with Crippen LogP contribution in [-0.2, 0) is 33.3 Å². The first kappa shape index (κ1) is 69.5. The van der Waals surface area contributed by atoms with Crippen LogP contribution in [0.25, 0.3) is 0 Å². The van der Waals surface area contributed by atoms with Gasteiger partial charge in [-0.2, -0.15) is 0 Å². The second-order valence-electron chi connectivity index (χ2n) is 22.0. The molecule has 0 saturated carbocycles. The van der Waals surface area contributed by atoms with Gasteiger partial charge in [0.15, 0.2) is 12.4 Å². The molecule has 422 valence electrons. The first-order chi connectivity index (χ1) is 35.1. The Hall–Kier alpha value is -2.49. The molecule has 2 unspecified atom stereocenters. The number of allylic oxidation sites excluding steroid dienone is 6. The van der Waals surface area contributed by atoms with E-state index >= 15 is 0 Å². The molecular formula is C63H117NO8. The molecule has 0 N–H and O–H groups in total. The van der Waals surface area contributed by atoms with Crippen molar-refractivity contribution in [1.82, 2.24) is 0 Å². The van der Waals surface area contributed by atoms with Crippen molar-refractivity contribution in [1.29, 1.82) is 0 Å². The molecule has 0 heterocycles. The van der Waals surface area contributed by atoms with Gasteiger partial charge >= 0.3 is 11.9 Å². The fourth-order valence-electron chi connectivity index (χ4n) is 8.86. The second-order valence-corrected chi connectivity index (χ2v) is 22.0. The summed E-state index contributed by atoms with van der Waals surface area (Å²) in [5.74, 6) is -2.28. The lowest BCUT2D eigenvalue weighted by Gasteiger charge is -2.26. The fourth-order valence-corrected chi connectivity index (χ4v) is 8.86. The number of carbonyl (C=O) groups is 3. The number of rotatable bonds is 57. The molecule has 0 aliphatic carbocycles. The van der Waals surface area contributed by atoms with E-state index in [-0.39, 0.29) is 38.6 Å². The third kappa shape index (κ3) is 55.3. The van der Waals surface area contributed by atoms with Crippen LogP contribution in [0.2, 0.25) is 0 Å². The first-order valence-corrected chi connectivity index (χ1v) is 30.6. The van der Waals surface area contributed by atoms with Crippen LogP contribution >= 0.6 is 0 Å². The highest BCUT2D eigenvalue weighted by molar-refractivity contribution is 5.70. The van der Waals surface area contributed by atoms with E-state index in [0.717, 1.165) is 57.8 Å². The lowest BCUT2D eigenvalue weighted by atomic mass is 10.0. The van der Waals surface area contributed by atoms with Gasteiger partial charge in [-0.15, -0.1) is 0 Å². The van der Waals surface area contributed by atoms with Crippen molar-refractivity contribution in [3.8, 4) is 0 Å². The molecular weight excluding hydrogens is 899 g/mol. The number of hydrogen-bond acceptors (Lipinski definition) is 8. The van der Waals surface area contributed by atoms with Gasteiger partial charge in [-0.1, -0.05) is 243 Å². The Labute approximate surface area is 445 Å². The number of likely N-dealkylation sites (N-methyl/N-ethyl adjacent to an activating group) is 1. The third-order valence-electron chi connectivity index (χ3n) is 13.6. The predicted octanol–water partition coefficient (Wildman–Crippen LogP) is 16.7. The highest BCUT2D eigenvalue weighted by Gasteiger charge is 2.22. The lowest BCUT2D eigenvalue weighted by Crippen LogP contribution is -2.44. The maximum Gasteiger partial charge on any atom is 0.306 e. The zero-order valence-corrected chi connectivity index (χ0v) is 48.1. The molecule has 0 aliphatic rings. The summed E-state index contributed by atoms with van der Waals surface area (Å²) in [4.78, 5) is 37.3. The van der Waals surface area contributed by atoms with Crippen molar-refractivity contribution >= 4 is 17.9 Å². The minimum absolute atomic E-state index is 0.148. The van der Waals surface area contributed by atoms with Gasteiger partial charge in [0.05, 0.1) is 40.3 Å². The number of unbranched alkanes of at least 4 members (excludes halogenated alkanes) is 36. The highest BCUT2D eigenvalue weighted by atomic mass is 16.7. The molecule has 0 rings (SSSR count).